The molecule has 1 N–H and O–H groups in total. The summed E-state index contributed by atoms with van der Waals surface area (Å²) in [6, 6.07) is 5.98. The Kier molecular flexibility index (Phi) is 7.98. The molecule has 0 aromatic heterocycles. The largest absolute Gasteiger partial charge is 0.463 e. The molecule has 26 heavy (non-hydrogen) atoms. The van der Waals surface area contributed by atoms with Crippen LogP contribution in [0.3, 0.4) is 0 Å². The van der Waals surface area contributed by atoms with Gasteiger partial charge < -0.3 is 14.6 Å². The lowest BCUT2D eigenvalue weighted by molar-refractivity contribution is -0.149. The van der Waals surface area contributed by atoms with Gasteiger partial charge in [0.15, 0.2) is 9.84 Å². The van der Waals surface area contributed by atoms with E-state index < -0.39 is 33.1 Å². The molecule has 0 saturated carbocycles. The van der Waals surface area contributed by atoms with E-state index in [0.29, 0.717) is 5.56 Å². The molecule has 0 heterocycles. The molecular formula is C18H24O7S. The van der Waals surface area contributed by atoms with Gasteiger partial charge in [0.05, 0.1) is 16.6 Å². The van der Waals surface area contributed by atoms with E-state index in [4.69, 9.17) is 9.47 Å². The molecule has 1 rings (SSSR count). The highest BCUT2D eigenvalue weighted by molar-refractivity contribution is 7.92. The first kappa shape index (κ1) is 21.9. The van der Waals surface area contributed by atoms with Gasteiger partial charge in [-0.25, -0.2) is 13.2 Å². The van der Waals surface area contributed by atoms with Crippen molar-refractivity contribution in [1.82, 2.24) is 0 Å². The molecule has 7 nitrogen and oxygen atoms in total. The Morgan fingerprint density at radius 1 is 1.12 bits per heavy atom. The highest BCUT2D eigenvalue weighted by Gasteiger charge is 2.19. The summed E-state index contributed by atoms with van der Waals surface area (Å²) in [5.41, 5.74) is 0.790. The minimum Gasteiger partial charge on any atom is -0.463 e. The Bertz CT molecular complexity index is 748. The van der Waals surface area contributed by atoms with Crippen LogP contribution in [0.15, 0.2) is 41.3 Å². The minimum absolute atomic E-state index is 0.0692. The van der Waals surface area contributed by atoms with Crippen molar-refractivity contribution in [2.45, 2.75) is 43.4 Å². The van der Waals surface area contributed by atoms with E-state index in [9.17, 15) is 23.1 Å². The van der Waals surface area contributed by atoms with E-state index in [1.165, 1.54) is 19.1 Å². The second-order valence-corrected chi connectivity index (χ2v) is 8.63. The molecule has 8 heteroatoms. The van der Waals surface area contributed by atoms with Crippen LogP contribution in [-0.2, 0) is 35.3 Å². The molecule has 0 aliphatic rings. The fourth-order valence-electron chi connectivity index (χ4n) is 1.82. The lowest BCUT2D eigenvalue weighted by atomic mass is 10.1. The lowest BCUT2D eigenvalue weighted by Gasteiger charge is -2.12. The average Bonchev–Trinajstić information content (AvgIpc) is 2.58. The van der Waals surface area contributed by atoms with Crippen LogP contribution in [0.25, 0.3) is 0 Å². The number of esters is 2. The maximum Gasteiger partial charge on any atom is 0.333 e. The number of aliphatic hydroxyl groups is 1. The van der Waals surface area contributed by atoms with Gasteiger partial charge in [-0.2, -0.15) is 0 Å². The van der Waals surface area contributed by atoms with Crippen molar-refractivity contribution in [3.8, 4) is 0 Å². The first-order valence-electron chi connectivity index (χ1n) is 8.03. The third-order valence-electron chi connectivity index (χ3n) is 3.41. The van der Waals surface area contributed by atoms with Crippen molar-refractivity contribution in [1.29, 1.82) is 0 Å². The maximum atomic E-state index is 12.0. The van der Waals surface area contributed by atoms with E-state index in [2.05, 4.69) is 6.58 Å². The first-order chi connectivity index (χ1) is 12.0. The Morgan fingerprint density at radius 2 is 1.65 bits per heavy atom. The normalized spacial score (nSPS) is 12.5. The summed E-state index contributed by atoms with van der Waals surface area (Å²) in [7, 11) is -3.36. The fourth-order valence-corrected chi connectivity index (χ4v) is 2.88. The lowest BCUT2D eigenvalue weighted by Crippen LogP contribution is -2.26. The van der Waals surface area contributed by atoms with E-state index in [1.54, 1.807) is 26.0 Å². The van der Waals surface area contributed by atoms with E-state index >= 15 is 0 Å². The molecule has 1 unspecified atom stereocenters. The zero-order valence-electron chi connectivity index (χ0n) is 15.1. The molecule has 1 atom stereocenters. The molecule has 1 aromatic rings. The van der Waals surface area contributed by atoms with Gasteiger partial charge >= 0.3 is 11.9 Å². The second kappa shape index (κ2) is 9.49. The third-order valence-corrected chi connectivity index (χ3v) is 5.58. The van der Waals surface area contributed by atoms with Gasteiger partial charge in [-0.3, -0.25) is 4.79 Å². The van der Waals surface area contributed by atoms with Gasteiger partial charge in [0.2, 0.25) is 0 Å². The summed E-state index contributed by atoms with van der Waals surface area (Å²) < 4.78 is 33.7. The Labute approximate surface area is 153 Å². The number of hydrogen-bond acceptors (Lipinski definition) is 7. The number of benzene rings is 1. The summed E-state index contributed by atoms with van der Waals surface area (Å²) in [6.07, 6.45) is -1.21. The number of ether oxygens (including phenoxy) is 2. The molecule has 0 fully saturated rings. The molecule has 0 spiro atoms. The van der Waals surface area contributed by atoms with Gasteiger partial charge in [-0.15, -0.1) is 0 Å². The van der Waals surface area contributed by atoms with E-state index in [0.717, 1.165) is 0 Å². The Balaban J connectivity index is 2.48. The quantitative estimate of drug-likeness (QED) is 0.507. The van der Waals surface area contributed by atoms with E-state index in [1.807, 2.05) is 0 Å². The van der Waals surface area contributed by atoms with Crippen LogP contribution in [0.2, 0.25) is 0 Å². The van der Waals surface area contributed by atoms with Crippen LogP contribution in [0, 0.1) is 0 Å². The minimum atomic E-state index is -3.36. The van der Waals surface area contributed by atoms with Gasteiger partial charge in [0, 0.05) is 5.57 Å². The standard InChI is InChI=1S/C18H24O7S/c1-12(2)18(21)25-11-15(19)10-24-17(20)9-14-5-7-16(8-6-14)26(22,23)13(3)4/h5-8,13,15,19H,1,9-11H2,2-4H3. The van der Waals surface area contributed by atoms with Crippen molar-refractivity contribution in [3.05, 3.63) is 42.0 Å². The number of sulfone groups is 1. The summed E-state index contributed by atoms with van der Waals surface area (Å²) in [6.45, 7) is 7.46. The molecule has 0 bridgehead atoms. The number of carbonyl (C=O) groups excluding carboxylic acids is 2. The molecule has 144 valence electrons. The molecular weight excluding hydrogens is 360 g/mol. The Hall–Kier alpha value is -2.19. The van der Waals surface area contributed by atoms with Gasteiger partial charge in [-0.05, 0) is 38.5 Å². The smallest absolute Gasteiger partial charge is 0.333 e. The first-order valence-corrected chi connectivity index (χ1v) is 9.57. The van der Waals surface area contributed by atoms with Crippen LogP contribution < -0.4 is 0 Å². The molecule has 0 saturated heterocycles. The number of carbonyl (C=O) groups is 2. The van der Waals surface area contributed by atoms with Crippen LogP contribution in [-0.4, -0.2) is 50.0 Å². The van der Waals surface area contributed by atoms with Crippen LogP contribution in [0.5, 0.6) is 0 Å². The zero-order chi connectivity index (χ0) is 19.9. The number of hydrogen-bond donors (Lipinski definition) is 1. The predicted molar refractivity (Wildman–Crippen MR) is 95.2 cm³/mol. The van der Waals surface area contributed by atoms with Crippen LogP contribution >= 0.6 is 0 Å². The summed E-state index contributed by atoms with van der Waals surface area (Å²) in [5.74, 6) is -1.22. The van der Waals surface area contributed by atoms with Gasteiger partial charge in [-0.1, -0.05) is 18.7 Å². The SMILES string of the molecule is C=C(C)C(=O)OCC(O)COC(=O)Cc1ccc(S(=O)(=O)C(C)C)cc1. The van der Waals surface area contributed by atoms with Crippen molar-refractivity contribution in [2.75, 3.05) is 13.2 Å². The van der Waals surface area contributed by atoms with Crippen molar-refractivity contribution < 1.29 is 32.6 Å². The van der Waals surface area contributed by atoms with Crippen molar-refractivity contribution in [2.24, 2.45) is 0 Å². The second-order valence-electron chi connectivity index (χ2n) is 6.13. The topological polar surface area (TPSA) is 107 Å². The summed E-state index contributed by atoms with van der Waals surface area (Å²) in [5, 5.41) is 9.09. The van der Waals surface area contributed by atoms with Gasteiger partial charge in [0.1, 0.15) is 19.3 Å². The third kappa shape index (κ3) is 6.61. The van der Waals surface area contributed by atoms with Gasteiger partial charge in [0.25, 0.3) is 0 Å². The van der Waals surface area contributed by atoms with Crippen LogP contribution in [0.1, 0.15) is 26.3 Å². The number of aliphatic hydroxyl groups excluding tert-OH is 1. The molecule has 0 aliphatic heterocycles. The Morgan fingerprint density at radius 3 is 2.15 bits per heavy atom. The summed E-state index contributed by atoms with van der Waals surface area (Å²) >= 11 is 0. The molecule has 0 radical (unpaired) electrons. The summed E-state index contributed by atoms with van der Waals surface area (Å²) in [4.78, 5) is 23.2. The highest BCUT2D eigenvalue weighted by atomic mass is 32.2. The van der Waals surface area contributed by atoms with E-state index in [-0.39, 0.29) is 30.1 Å². The highest BCUT2D eigenvalue weighted by Crippen LogP contribution is 2.16. The maximum absolute atomic E-state index is 12.0. The average molecular weight is 384 g/mol. The number of rotatable bonds is 9. The molecule has 1 aromatic carbocycles. The van der Waals surface area contributed by atoms with Crippen molar-refractivity contribution in [3.63, 3.8) is 0 Å². The van der Waals surface area contributed by atoms with Crippen molar-refractivity contribution >= 4 is 21.8 Å². The monoisotopic (exact) mass is 384 g/mol. The molecule has 0 aliphatic carbocycles. The molecule has 0 amide bonds. The fraction of sp³-hybridized carbons (Fsp3) is 0.444. The van der Waals surface area contributed by atoms with Crippen LogP contribution in [0.4, 0.5) is 0 Å². The predicted octanol–water partition coefficient (Wildman–Crippen LogP) is 1.43. The zero-order valence-corrected chi connectivity index (χ0v) is 15.9.